The Hall–Kier alpha value is -3.03. The zero-order chi connectivity index (χ0) is 20.3. The molecule has 0 aliphatic heterocycles. The van der Waals surface area contributed by atoms with Crippen molar-refractivity contribution in [1.29, 1.82) is 0 Å². The highest BCUT2D eigenvalue weighted by Gasteiger charge is 2.72. The van der Waals surface area contributed by atoms with Gasteiger partial charge in [-0.1, -0.05) is 30.9 Å². The first-order valence-corrected chi connectivity index (χ1v) is 9.02. The fourth-order valence-corrected chi connectivity index (χ4v) is 4.18. The molecular formula is C20H23NO7. The van der Waals surface area contributed by atoms with Crippen molar-refractivity contribution in [2.75, 3.05) is 13.7 Å². The van der Waals surface area contributed by atoms with Crippen LogP contribution in [0.2, 0.25) is 0 Å². The molecule has 0 saturated heterocycles. The minimum atomic E-state index is -1.41. The van der Waals surface area contributed by atoms with Gasteiger partial charge >= 0.3 is 18.0 Å². The van der Waals surface area contributed by atoms with E-state index in [4.69, 9.17) is 14.2 Å². The van der Waals surface area contributed by atoms with E-state index in [1.165, 1.54) is 13.2 Å². The minimum absolute atomic E-state index is 0.0192. The van der Waals surface area contributed by atoms with Crippen molar-refractivity contribution in [3.05, 3.63) is 42.5 Å². The number of fused-ring (bicyclic) bond motifs is 1. The van der Waals surface area contributed by atoms with E-state index in [-0.39, 0.29) is 19.1 Å². The molecular weight excluding hydrogens is 366 g/mol. The van der Waals surface area contributed by atoms with Crippen LogP contribution in [0.25, 0.3) is 0 Å². The molecule has 1 aromatic rings. The number of carbonyl (C=O) groups excluding carboxylic acids is 2. The van der Waals surface area contributed by atoms with Crippen LogP contribution in [0.15, 0.2) is 36.9 Å². The molecule has 0 heterocycles. The molecule has 0 spiro atoms. The topological polar surface area (TPSA) is 111 Å². The van der Waals surface area contributed by atoms with Gasteiger partial charge in [0.2, 0.25) is 0 Å². The Bertz CT molecular complexity index is 793. The van der Waals surface area contributed by atoms with Gasteiger partial charge in [-0.2, -0.15) is 0 Å². The lowest BCUT2D eigenvalue weighted by atomic mass is 9.90. The maximum absolute atomic E-state index is 13.0. The van der Waals surface area contributed by atoms with Crippen LogP contribution < -0.4 is 10.1 Å². The van der Waals surface area contributed by atoms with Crippen molar-refractivity contribution in [3.63, 3.8) is 0 Å². The average molecular weight is 389 g/mol. The van der Waals surface area contributed by atoms with Gasteiger partial charge in [0.15, 0.2) is 0 Å². The number of alkyl carbamates (subject to hydrolysis) is 1. The number of nitrogens with one attached hydrogen (secondary N) is 1. The molecule has 28 heavy (non-hydrogen) atoms. The summed E-state index contributed by atoms with van der Waals surface area (Å²) in [6.45, 7) is 3.40. The summed E-state index contributed by atoms with van der Waals surface area (Å²) in [6.07, 6.45) is 1.43. The van der Waals surface area contributed by atoms with Crippen LogP contribution in [0.5, 0.6) is 5.75 Å². The molecule has 0 aromatic heterocycles. The lowest BCUT2D eigenvalue weighted by Gasteiger charge is -2.30. The maximum atomic E-state index is 13.0. The number of aliphatic carboxylic acids is 1. The van der Waals surface area contributed by atoms with Gasteiger partial charge < -0.3 is 24.6 Å². The van der Waals surface area contributed by atoms with E-state index in [0.29, 0.717) is 24.2 Å². The number of carbonyl (C=O) groups is 3. The van der Waals surface area contributed by atoms with Gasteiger partial charge in [0, 0.05) is 11.5 Å². The fourth-order valence-electron chi connectivity index (χ4n) is 4.18. The molecule has 2 saturated carbocycles. The second kappa shape index (κ2) is 7.92. The molecule has 3 rings (SSSR count). The van der Waals surface area contributed by atoms with Crippen molar-refractivity contribution >= 4 is 18.0 Å². The van der Waals surface area contributed by atoms with E-state index < -0.39 is 35.4 Å². The third-order valence-electron chi connectivity index (χ3n) is 5.47. The van der Waals surface area contributed by atoms with Crippen LogP contribution in [0.4, 0.5) is 4.79 Å². The molecule has 8 nitrogen and oxygen atoms in total. The van der Waals surface area contributed by atoms with Crippen LogP contribution in [-0.2, 0) is 25.7 Å². The van der Waals surface area contributed by atoms with E-state index in [1.54, 1.807) is 24.3 Å². The average Bonchev–Trinajstić information content (AvgIpc) is 3.33. The Morgan fingerprint density at radius 3 is 2.71 bits per heavy atom. The van der Waals surface area contributed by atoms with Crippen LogP contribution in [0.3, 0.4) is 0 Å². The first kappa shape index (κ1) is 19.7. The molecule has 150 valence electrons. The summed E-state index contributed by atoms with van der Waals surface area (Å²) in [7, 11) is 1.52. The normalized spacial score (nSPS) is 27.2. The zero-order valence-corrected chi connectivity index (χ0v) is 15.6. The van der Waals surface area contributed by atoms with Crippen molar-refractivity contribution in [3.8, 4) is 5.75 Å². The zero-order valence-electron chi connectivity index (χ0n) is 15.6. The SMILES string of the molecule is C=CCOC(=O)N[C@@]1(C(=O)OCc2ccccc2OC)CC[C@H]2[C@H](C(=O)O)[C@H]21. The van der Waals surface area contributed by atoms with Gasteiger partial charge in [0.05, 0.1) is 13.0 Å². The van der Waals surface area contributed by atoms with E-state index in [2.05, 4.69) is 11.9 Å². The smallest absolute Gasteiger partial charge is 0.408 e. The standard InChI is InChI=1S/C20H23NO7/c1-3-10-27-19(25)21-20(9-8-13-15(16(13)20)17(22)23)18(24)28-11-12-6-4-5-7-14(12)26-2/h3-7,13,15-16H,1,8-11H2,2H3,(H,21,25)(H,22,23)/t13-,15-,16-,20-/m0/s1. The molecule has 0 bridgehead atoms. The Morgan fingerprint density at radius 2 is 2.07 bits per heavy atom. The first-order chi connectivity index (χ1) is 13.4. The summed E-state index contributed by atoms with van der Waals surface area (Å²) >= 11 is 0. The summed E-state index contributed by atoms with van der Waals surface area (Å²) < 4.78 is 15.7. The van der Waals surface area contributed by atoms with Crippen molar-refractivity contribution < 1.29 is 33.7 Å². The second-order valence-electron chi connectivity index (χ2n) is 6.96. The molecule has 2 aliphatic carbocycles. The summed E-state index contributed by atoms with van der Waals surface area (Å²) in [6, 6.07) is 7.10. The van der Waals surface area contributed by atoms with E-state index in [1.807, 2.05) is 0 Å². The predicted molar refractivity (Wildman–Crippen MR) is 97.5 cm³/mol. The number of carboxylic acids is 1. The highest BCUT2D eigenvalue weighted by molar-refractivity contribution is 5.90. The molecule has 2 N–H and O–H groups in total. The Kier molecular flexibility index (Phi) is 5.58. The Labute approximate surface area is 162 Å². The van der Waals surface area contributed by atoms with Gasteiger partial charge in [-0.05, 0) is 24.8 Å². The molecule has 2 aliphatic rings. The number of esters is 1. The van der Waals surface area contributed by atoms with E-state index >= 15 is 0 Å². The summed E-state index contributed by atoms with van der Waals surface area (Å²) in [5.74, 6) is -2.40. The number of ether oxygens (including phenoxy) is 3. The number of carboxylic acid groups (broad SMARTS) is 1. The van der Waals surface area contributed by atoms with Gasteiger partial charge in [-0.25, -0.2) is 9.59 Å². The highest BCUT2D eigenvalue weighted by Crippen LogP contribution is 2.62. The number of amides is 1. The van der Waals surface area contributed by atoms with E-state index in [9.17, 15) is 19.5 Å². The molecule has 2 fully saturated rings. The molecule has 0 unspecified atom stereocenters. The van der Waals surface area contributed by atoms with Gasteiger partial charge in [0.25, 0.3) is 0 Å². The number of para-hydroxylation sites is 1. The molecule has 4 atom stereocenters. The predicted octanol–water partition coefficient (Wildman–Crippen LogP) is 2.13. The third kappa shape index (κ3) is 3.54. The number of benzene rings is 1. The van der Waals surface area contributed by atoms with Gasteiger partial charge in [0.1, 0.15) is 24.5 Å². The lowest BCUT2D eigenvalue weighted by molar-refractivity contribution is -0.154. The van der Waals surface area contributed by atoms with Gasteiger partial charge in [-0.3, -0.25) is 4.79 Å². The number of methoxy groups -OCH3 is 1. The molecule has 1 amide bonds. The molecule has 0 radical (unpaired) electrons. The fraction of sp³-hybridized carbons (Fsp3) is 0.450. The van der Waals surface area contributed by atoms with Gasteiger partial charge in [-0.15, -0.1) is 0 Å². The second-order valence-corrected chi connectivity index (χ2v) is 6.96. The minimum Gasteiger partial charge on any atom is -0.496 e. The van der Waals surface area contributed by atoms with Crippen LogP contribution >= 0.6 is 0 Å². The summed E-state index contributed by atoms with van der Waals surface area (Å²) in [5, 5.41) is 12.0. The summed E-state index contributed by atoms with van der Waals surface area (Å²) in [4.78, 5) is 36.6. The molecule has 1 aromatic carbocycles. The van der Waals surface area contributed by atoms with Crippen LogP contribution in [-0.4, -0.2) is 42.4 Å². The molecule has 8 heteroatoms. The van der Waals surface area contributed by atoms with Crippen molar-refractivity contribution in [2.24, 2.45) is 17.8 Å². The number of hydrogen-bond acceptors (Lipinski definition) is 6. The number of hydrogen-bond donors (Lipinski definition) is 2. The third-order valence-corrected chi connectivity index (χ3v) is 5.47. The lowest BCUT2D eigenvalue weighted by Crippen LogP contribution is -2.56. The highest BCUT2D eigenvalue weighted by atomic mass is 16.6. The summed E-state index contributed by atoms with van der Waals surface area (Å²) in [5.41, 5.74) is -0.739. The van der Waals surface area contributed by atoms with Crippen LogP contribution in [0.1, 0.15) is 18.4 Å². The first-order valence-electron chi connectivity index (χ1n) is 9.02. The van der Waals surface area contributed by atoms with E-state index in [0.717, 1.165) is 0 Å². The monoisotopic (exact) mass is 389 g/mol. The Balaban J connectivity index is 1.77. The number of rotatable bonds is 8. The van der Waals surface area contributed by atoms with Crippen LogP contribution in [0, 0.1) is 17.8 Å². The van der Waals surface area contributed by atoms with Crippen molar-refractivity contribution in [1.82, 2.24) is 5.32 Å². The maximum Gasteiger partial charge on any atom is 0.408 e. The Morgan fingerprint density at radius 1 is 1.32 bits per heavy atom. The quantitative estimate of drug-likeness (QED) is 0.517. The van der Waals surface area contributed by atoms with Crippen molar-refractivity contribution in [2.45, 2.75) is 25.0 Å². The largest absolute Gasteiger partial charge is 0.496 e.